The quantitative estimate of drug-likeness (QED) is 0.314. The Bertz CT molecular complexity index is 274. The summed E-state index contributed by atoms with van der Waals surface area (Å²) in [7, 11) is 0. The minimum Gasteiger partial charge on any atom is 0 e. The Morgan fingerprint density at radius 1 is 1.25 bits per heavy atom. The smallest absolute Gasteiger partial charge is 0 e. The number of rotatable bonds is 0. The van der Waals surface area contributed by atoms with Gasteiger partial charge in [0.1, 0.15) is 0 Å². The fourth-order valence-electron chi connectivity index (χ4n) is 0.344. The Morgan fingerprint density at radius 3 is 2.08 bits per heavy atom. The van der Waals surface area contributed by atoms with Crippen LogP contribution in [0.1, 0.15) is 0 Å². The van der Waals surface area contributed by atoms with E-state index in [1.807, 2.05) is 32.6 Å². The molecule has 4 heteroatoms. The van der Waals surface area contributed by atoms with E-state index < -0.39 is 13.3 Å². The van der Waals surface area contributed by atoms with Crippen molar-refractivity contribution >= 4 is 68.0 Å². The second-order valence-electron chi connectivity index (χ2n) is 3.12. The first-order valence-corrected chi connectivity index (χ1v) is 12.7. The minimum absolute atomic E-state index is 0. The van der Waals surface area contributed by atoms with Crippen LogP contribution in [0, 0.1) is 10.7 Å². The van der Waals surface area contributed by atoms with Crippen LogP contribution in [0.5, 0.6) is 0 Å². The monoisotopic (exact) mass is 401 g/mol. The molecule has 0 rings (SSSR count). The molecular weight excluding hydrogens is 387 g/mol. The molecule has 0 amide bonds. The van der Waals surface area contributed by atoms with E-state index in [2.05, 4.69) is 38.2 Å². The Morgan fingerprint density at radius 2 is 1.75 bits per heavy atom. The van der Waals surface area contributed by atoms with E-state index in [1.165, 1.54) is 0 Å². The van der Waals surface area contributed by atoms with Crippen molar-refractivity contribution in [3.8, 4) is 10.7 Å². The summed E-state index contributed by atoms with van der Waals surface area (Å²) >= 11 is 2.16. The molecule has 0 spiro atoms. The summed E-state index contributed by atoms with van der Waals surface area (Å²) in [5.41, 5.74) is 2.94. The first-order chi connectivity index (χ1) is 4.95. The predicted octanol–water partition coefficient (Wildman–Crippen LogP) is 0.263. The second kappa shape index (κ2) is 7.55. The molecule has 0 aliphatic heterocycles. The van der Waals surface area contributed by atoms with Gasteiger partial charge in [-0.3, -0.25) is 0 Å². The van der Waals surface area contributed by atoms with Crippen LogP contribution in [0.25, 0.3) is 0 Å². The number of hydrogen-bond donors (Lipinski definition) is 0. The maximum atomic E-state index is 3.30. The molecule has 0 aliphatic carbocycles. The van der Waals surface area contributed by atoms with Crippen molar-refractivity contribution in [1.82, 2.24) is 0 Å². The SMILES string of the molecule is [CH3][Ge]([CH3])([CH3])[C]#C[C]([Ge])=C=[C]=[Ge].[Ge]. The predicted molar refractivity (Wildman–Crippen MR) is 60.4 cm³/mol. The van der Waals surface area contributed by atoms with Gasteiger partial charge in [0, 0.05) is 17.6 Å². The van der Waals surface area contributed by atoms with Gasteiger partial charge in [0.25, 0.3) is 0 Å². The molecule has 0 aliphatic rings. The van der Waals surface area contributed by atoms with Gasteiger partial charge < -0.3 is 0 Å². The van der Waals surface area contributed by atoms with Gasteiger partial charge in [0.15, 0.2) is 0 Å². The van der Waals surface area contributed by atoms with Gasteiger partial charge in [-0.1, -0.05) is 0 Å². The Hall–Kier alpha value is 1.16. The standard InChI is InChI=1S/C8H9Ge3.Ge/c1-11(2,3)7-5-8(10)4-6-9;/h1-3H3;. The number of allylic oxidation sites excluding steroid dienone is 1. The third-order valence-corrected chi connectivity index (χ3v) is 3.37. The van der Waals surface area contributed by atoms with E-state index in [0.29, 0.717) is 0 Å². The molecule has 0 unspecified atom stereocenters. The van der Waals surface area contributed by atoms with Gasteiger partial charge in [-0.25, -0.2) is 0 Å². The summed E-state index contributed by atoms with van der Waals surface area (Å²) in [4.78, 5) is 0. The van der Waals surface area contributed by atoms with Gasteiger partial charge >= 0.3 is 88.4 Å². The molecule has 0 aromatic rings. The molecule has 9 radical (unpaired) electrons. The zero-order valence-corrected chi connectivity index (χ0v) is 15.9. The minimum atomic E-state index is -1.65. The summed E-state index contributed by atoms with van der Waals surface area (Å²) in [5.74, 6) is 9.93. The van der Waals surface area contributed by atoms with E-state index in [4.69, 9.17) is 0 Å². The largest absolute Gasteiger partial charge is 0 e. The van der Waals surface area contributed by atoms with Gasteiger partial charge in [0.2, 0.25) is 0 Å². The van der Waals surface area contributed by atoms with Crippen molar-refractivity contribution in [2.75, 3.05) is 0 Å². The van der Waals surface area contributed by atoms with Crippen LogP contribution in [0.15, 0.2) is 10.1 Å². The molecule has 57 valence electrons. The Kier molecular flexibility index (Phi) is 9.84. The van der Waals surface area contributed by atoms with Crippen LogP contribution < -0.4 is 0 Å². The average molecular weight is 396 g/mol. The van der Waals surface area contributed by atoms with Crippen molar-refractivity contribution in [2.24, 2.45) is 0 Å². The molecule has 0 fully saturated rings. The van der Waals surface area contributed by atoms with Crippen molar-refractivity contribution in [2.45, 2.75) is 17.3 Å². The topological polar surface area (TPSA) is 0 Å². The molecule has 0 aromatic heterocycles. The summed E-state index contributed by atoms with van der Waals surface area (Å²) in [6.07, 6.45) is 0. The summed E-state index contributed by atoms with van der Waals surface area (Å²) in [6, 6.07) is 0. The normalized spacial score (nSPS) is 8.00. The van der Waals surface area contributed by atoms with Crippen molar-refractivity contribution in [3.63, 3.8) is 0 Å². The molecule has 0 saturated carbocycles. The van der Waals surface area contributed by atoms with E-state index >= 15 is 0 Å². The molecule has 0 bridgehead atoms. The van der Waals surface area contributed by atoms with Gasteiger partial charge in [0.05, 0.1) is 0 Å². The molecule has 0 nitrogen and oxygen atoms in total. The third kappa shape index (κ3) is 11.2. The summed E-state index contributed by atoms with van der Waals surface area (Å²) in [6.45, 7) is 0. The summed E-state index contributed by atoms with van der Waals surface area (Å²) < 4.78 is 7.13. The second-order valence-corrected chi connectivity index (χ2v) is 14.7. The fourth-order valence-corrected chi connectivity index (χ4v) is 3.02. The van der Waals surface area contributed by atoms with Crippen molar-refractivity contribution < 1.29 is 0 Å². The van der Waals surface area contributed by atoms with Crippen molar-refractivity contribution in [1.29, 1.82) is 0 Å². The zero-order chi connectivity index (χ0) is 8.91. The Labute approximate surface area is 105 Å². The Balaban J connectivity index is 0. The first-order valence-electron chi connectivity index (χ1n) is 3.25. The van der Waals surface area contributed by atoms with Crippen molar-refractivity contribution in [3.05, 3.63) is 10.1 Å². The van der Waals surface area contributed by atoms with E-state index in [1.54, 1.807) is 0 Å². The molecule has 0 heterocycles. The molecule has 0 N–H and O–H groups in total. The van der Waals surface area contributed by atoms with Gasteiger partial charge in [-0.15, -0.1) is 0 Å². The molecule has 0 saturated heterocycles. The van der Waals surface area contributed by atoms with E-state index in [9.17, 15) is 0 Å². The van der Waals surface area contributed by atoms with E-state index in [-0.39, 0.29) is 17.6 Å². The average Bonchev–Trinajstić information content (AvgIpc) is 1.83. The van der Waals surface area contributed by atoms with Crippen LogP contribution >= 0.6 is 0 Å². The molecule has 12 heavy (non-hydrogen) atoms. The number of hydrogen-bond acceptors (Lipinski definition) is 0. The molecule has 0 atom stereocenters. The summed E-state index contributed by atoms with van der Waals surface area (Å²) in [5, 5.41) is 0. The van der Waals surface area contributed by atoms with Gasteiger partial charge in [-0.05, 0) is 0 Å². The van der Waals surface area contributed by atoms with Crippen LogP contribution in [0.4, 0.5) is 0 Å². The van der Waals surface area contributed by atoms with Crippen LogP contribution in [0.3, 0.4) is 0 Å². The maximum Gasteiger partial charge on any atom is 0 e. The molecule has 0 aromatic carbocycles. The van der Waals surface area contributed by atoms with Crippen LogP contribution in [-0.4, -0.2) is 68.0 Å². The van der Waals surface area contributed by atoms with Crippen LogP contribution in [-0.2, 0) is 0 Å². The first kappa shape index (κ1) is 15.6. The molecular formula is C8H9Ge4. The van der Waals surface area contributed by atoms with Crippen LogP contribution in [0.2, 0.25) is 17.3 Å². The third-order valence-electron chi connectivity index (χ3n) is 0.750. The van der Waals surface area contributed by atoms with Gasteiger partial charge in [-0.2, -0.15) is 0 Å². The zero-order valence-electron chi connectivity index (χ0n) is 7.50. The maximum absolute atomic E-state index is 3.30. The fraction of sp³-hybridized carbons (Fsp3) is 0.375. The van der Waals surface area contributed by atoms with E-state index in [0.717, 1.165) is 4.41 Å².